The molecule has 3 rings (SSSR count). The number of nitro benzene ring substituents is 1. The number of ether oxygens (including phenoxy) is 1. The summed E-state index contributed by atoms with van der Waals surface area (Å²) >= 11 is 0. The molecule has 1 aliphatic carbocycles. The van der Waals surface area contributed by atoms with Crippen LogP contribution in [0.4, 0.5) is 5.69 Å². The third-order valence-corrected chi connectivity index (χ3v) is 4.32. The van der Waals surface area contributed by atoms with Crippen LogP contribution < -0.4 is 4.74 Å². The van der Waals surface area contributed by atoms with Gasteiger partial charge in [0.15, 0.2) is 0 Å². The van der Waals surface area contributed by atoms with Gasteiger partial charge in [-0.15, -0.1) is 0 Å². The Hall–Kier alpha value is -3.15. The molecule has 26 heavy (non-hydrogen) atoms. The van der Waals surface area contributed by atoms with Crippen molar-refractivity contribution in [1.29, 1.82) is 0 Å². The largest absolute Gasteiger partial charge is 0.497 e. The van der Waals surface area contributed by atoms with E-state index in [0.29, 0.717) is 12.1 Å². The second kappa shape index (κ2) is 7.82. The van der Waals surface area contributed by atoms with Gasteiger partial charge in [0.05, 0.1) is 17.6 Å². The predicted octanol–water partition coefficient (Wildman–Crippen LogP) is 3.81. The number of para-hydroxylation sites is 1. The molecule has 1 saturated carbocycles. The zero-order valence-corrected chi connectivity index (χ0v) is 14.5. The summed E-state index contributed by atoms with van der Waals surface area (Å²) in [6, 6.07) is 14.2. The number of nitro groups is 1. The van der Waals surface area contributed by atoms with Crippen LogP contribution in [0.3, 0.4) is 0 Å². The van der Waals surface area contributed by atoms with E-state index in [1.165, 1.54) is 18.2 Å². The third kappa shape index (κ3) is 4.27. The fourth-order valence-corrected chi connectivity index (χ4v) is 2.75. The highest BCUT2D eigenvalue weighted by Gasteiger charge is 2.31. The highest BCUT2D eigenvalue weighted by Crippen LogP contribution is 2.29. The van der Waals surface area contributed by atoms with E-state index in [2.05, 4.69) is 0 Å². The Morgan fingerprint density at radius 2 is 1.92 bits per heavy atom. The minimum absolute atomic E-state index is 0.00956. The van der Waals surface area contributed by atoms with Gasteiger partial charge in [-0.25, -0.2) is 0 Å². The quantitative estimate of drug-likeness (QED) is 0.431. The number of benzene rings is 2. The third-order valence-electron chi connectivity index (χ3n) is 4.32. The van der Waals surface area contributed by atoms with E-state index in [1.54, 1.807) is 25.3 Å². The van der Waals surface area contributed by atoms with Gasteiger partial charge in [0.2, 0.25) is 5.91 Å². The van der Waals surface area contributed by atoms with E-state index in [1.807, 2.05) is 29.2 Å². The maximum atomic E-state index is 12.7. The molecule has 1 aliphatic rings. The summed E-state index contributed by atoms with van der Waals surface area (Å²) in [6.07, 6.45) is 4.91. The van der Waals surface area contributed by atoms with Gasteiger partial charge in [0.1, 0.15) is 5.75 Å². The molecule has 0 unspecified atom stereocenters. The molecule has 6 heteroatoms. The lowest BCUT2D eigenvalue weighted by Crippen LogP contribution is -2.31. The zero-order valence-electron chi connectivity index (χ0n) is 14.5. The second-order valence-corrected chi connectivity index (χ2v) is 6.19. The van der Waals surface area contributed by atoms with Crippen LogP contribution in [-0.2, 0) is 11.3 Å². The minimum atomic E-state index is -0.444. The molecule has 134 valence electrons. The van der Waals surface area contributed by atoms with Crippen molar-refractivity contribution in [1.82, 2.24) is 4.90 Å². The summed E-state index contributed by atoms with van der Waals surface area (Å²) in [4.78, 5) is 25.1. The van der Waals surface area contributed by atoms with Crippen LogP contribution in [0.15, 0.2) is 54.6 Å². The first kappa shape index (κ1) is 17.7. The highest BCUT2D eigenvalue weighted by molar-refractivity contribution is 5.92. The molecule has 0 N–H and O–H groups in total. The van der Waals surface area contributed by atoms with Crippen LogP contribution in [0.25, 0.3) is 6.08 Å². The van der Waals surface area contributed by atoms with Gasteiger partial charge in [-0.2, -0.15) is 0 Å². The molecule has 0 spiro atoms. The van der Waals surface area contributed by atoms with Crippen molar-refractivity contribution in [2.75, 3.05) is 7.11 Å². The van der Waals surface area contributed by atoms with Crippen LogP contribution in [-0.4, -0.2) is 28.9 Å². The maximum Gasteiger partial charge on any atom is 0.276 e. The normalized spacial score (nSPS) is 13.6. The Kier molecular flexibility index (Phi) is 5.31. The molecule has 1 fully saturated rings. The first-order chi connectivity index (χ1) is 12.6. The van der Waals surface area contributed by atoms with Crippen molar-refractivity contribution in [2.24, 2.45) is 0 Å². The number of carbonyl (C=O) groups is 1. The van der Waals surface area contributed by atoms with E-state index < -0.39 is 4.92 Å². The molecule has 1 amide bonds. The Morgan fingerprint density at radius 1 is 1.23 bits per heavy atom. The molecule has 2 aromatic carbocycles. The number of methoxy groups -OCH3 is 1. The molecule has 2 aromatic rings. The van der Waals surface area contributed by atoms with E-state index in [-0.39, 0.29) is 17.6 Å². The topological polar surface area (TPSA) is 72.7 Å². The number of nitrogens with zero attached hydrogens (tertiary/aromatic N) is 2. The monoisotopic (exact) mass is 352 g/mol. The molecular formula is C20H20N2O4. The van der Waals surface area contributed by atoms with Crippen LogP contribution in [0.5, 0.6) is 5.75 Å². The molecule has 0 aromatic heterocycles. The van der Waals surface area contributed by atoms with Gasteiger partial charge in [-0.3, -0.25) is 14.9 Å². The van der Waals surface area contributed by atoms with E-state index >= 15 is 0 Å². The summed E-state index contributed by atoms with van der Waals surface area (Å²) in [5.74, 6) is 0.635. The Labute approximate surface area is 151 Å². The lowest BCUT2D eigenvalue weighted by atomic mass is 10.1. The number of carbonyl (C=O) groups excluding carboxylic acids is 1. The average molecular weight is 352 g/mol. The summed E-state index contributed by atoms with van der Waals surface area (Å²) in [6.45, 7) is 0.509. The number of hydrogen-bond acceptors (Lipinski definition) is 4. The molecule has 6 nitrogen and oxygen atoms in total. The summed E-state index contributed by atoms with van der Waals surface area (Å²) < 4.78 is 5.15. The molecular weight excluding hydrogens is 332 g/mol. The van der Waals surface area contributed by atoms with Crippen LogP contribution >= 0.6 is 0 Å². The molecule has 0 radical (unpaired) electrons. The van der Waals surface area contributed by atoms with Gasteiger partial charge >= 0.3 is 0 Å². The summed E-state index contributed by atoms with van der Waals surface area (Å²) in [5, 5.41) is 11.1. The van der Waals surface area contributed by atoms with Crippen molar-refractivity contribution in [3.63, 3.8) is 0 Å². The van der Waals surface area contributed by atoms with Gasteiger partial charge < -0.3 is 9.64 Å². The Balaban J connectivity index is 1.74. The fraction of sp³-hybridized carbons (Fsp3) is 0.250. The van der Waals surface area contributed by atoms with Gasteiger partial charge in [-0.1, -0.05) is 24.3 Å². The van der Waals surface area contributed by atoms with Crippen molar-refractivity contribution in [3.8, 4) is 5.75 Å². The molecule has 0 saturated heterocycles. The molecule has 0 atom stereocenters. The summed E-state index contributed by atoms with van der Waals surface area (Å²) in [5.41, 5.74) is 1.43. The molecule has 0 heterocycles. The van der Waals surface area contributed by atoms with Crippen LogP contribution in [0.1, 0.15) is 24.0 Å². The highest BCUT2D eigenvalue weighted by atomic mass is 16.6. The zero-order chi connectivity index (χ0) is 18.5. The second-order valence-electron chi connectivity index (χ2n) is 6.19. The Bertz CT molecular complexity index is 826. The van der Waals surface area contributed by atoms with Crippen molar-refractivity contribution in [3.05, 3.63) is 75.8 Å². The van der Waals surface area contributed by atoms with Crippen LogP contribution in [0, 0.1) is 10.1 Å². The number of hydrogen-bond donors (Lipinski definition) is 0. The maximum absolute atomic E-state index is 12.7. The van der Waals surface area contributed by atoms with Gasteiger partial charge in [0.25, 0.3) is 5.69 Å². The van der Waals surface area contributed by atoms with Crippen molar-refractivity contribution in [2.45, 2.75) is 25.4 Å². The van der Waals surface area contributed by atoms with Crippen LogP contribution in [0.2, 0.25) is 0 Å². The van der Waals surface area contributed by atoms with E-state index in [0.717, 1.165) is 24.2 Å². The lowest BCUT2D eigenvalue weighted by Gasteiger charge is -2.21. The molecule has 0 aliphatic heterocycles. The molecule has 0 bridgehead atoms. The van der Waals surface area contributed by atoms with E-state index in [4.69, 9.17) is 4.74 Å². The summed E-state index contributed by atoms with van der Waals surface area (Å²) in [7, 11) is 1.61. The SMILES string of the molecule is COc1ccc(CN(C(=O)/C=C/c2ccccc2[N+](=O)[O-])C2CC2)cc1. The number of rotatable bonds is 7. The lowest BCUT2D eigenvalue weighted by molar-refractivity contribution is -0.385. The first-order valence-electron chi connectivity index (χ1n) is 8.43. The van der Waals surface area contributed by atoms with Crippen molar-refractivity contribution < 1.29 is 14.5 Å². The average Bonchev–Trinajstić information content (AvgIpc) is 3.50. The predicted molar refractivity (Wildman–Crippen MR) is 98.7 cm³/mol. The fourth-order valence-electron chi connectivity index (χ4n) is 2.75. The first-order valence-corrected chi connectivity index (χ1v) is 8.43. The smallest absolute Gasteiger partial charge is 0.276 e. The van der Waals surface area contributed by atoms with E-state index in [9.17, 15) is 14.9 Å². The minimum Gasteiger partial charge on any atom is -0.497 e. The van der Waals surface area contributed by atoms with Crippen molar-refractivity contribution >= 4 is 17.7 Å². The number of amides is 1. The Morgan fingerprint density at radius 3 is 2.54 bits per heavy atom. The standard InChI is InChI=1S/C20H20N2O4/c1-26-18-11-6-15(7-12-18)14-21(17-9-10-17)20(23)13-8-16-4-2-3-5-19(16)22(24)25/h2-8,11-13,17H,9-10,14H2,1H3/b13-8+. The van der Waals surface area contributed by atoms with Gasteiger partial charge in [0, 0.05) is 24.7 Å². The van der Waals surface area contributed by atoms with Gasteiger partial charge in [-0.05, 0) is 42.7 Å².